The molecule has 1 unspecified atom stereocenters. The highest BCUT2D eigenvalue weighted by atomic mass is 19.1. The first-order chi connectivity index (χ1) is 15.1. The van der Waals surface area contributed by atoms with E-state index in [-0.39, 0.29) is 17.5 Å². The molecule has 0 spiro atoms. The molecule has 3 rings (SSSR count). The van der Waals surface area contributed by atoms with Gasteiger partial charge in [0.15, 0.2) is 0 Å². The number of hydrogen-bond acceptors (Lipinski definition) is 4. The van der Waals surface area contributed by atoms with Crippen LogP contribution in [0.25, 0.3) is 0 Å². The predicted molar refractivity (Wildman–Crippen MR) is 110 cm³/mol. The molecule has 0 aliphatic carbocycles. The van der Waals surface area contributed by atoms with Crippen LogP contribution in [0.2, 0.25) is 0 Å². The van der Waals surface area contributed by atoms with Crippen LogP contribution in [0.3, 0.4) is 0 Å². The molecule has 8 nitrogen and oxygen atoms in total. The van der Waals surface area contributed by atoms with Gasteiger partial charge in [-0.3, -0.25) is 29.2 Å². The van der Waals surface area contributed by atoms with Gasteiger partial charge in [-0.15, -0.1) is 0 Å². The molecule has 2 aromatic carbocycles. The number of benzene rings is 2. The minimum atomic E-state index is -1.14. The van der Waals surface area contributed by atoms with Crippen molar-refractivity contribution in [2.45, 2.75) is 25.4 Å². The number of nitrogens with zero attached hydrogens (tertiary/aromatic N) is 2. The fourth-order valence-electron chi connectivity index (χ4n) is 3.38. The van der Waals surface area contributed by atoms with Crippen molar-refractivity contribution in [2.75, 3.05) is 14.1 Å². The number of amides is 4. The molecule has 10 heteroatoms. The molecule has 1 heterocycles. The van der Waals surface area contributed by atoms with Crippen molar-refractivity contribution in [3.8, 4) is 0 Å². The topological polar surface area (TPSA) is 98.8 Å². The molecule has 1 aliphatic heterocycles. The van der Waals surface area contributed by atoms with Crippen molar-refractivity contribution in [1.82, 2.24) is 20.7 Å². The van der Waals surface area contributed by atoms with Gasteiger partial charge in [0.05, 0.1) is 6.42 Å². The third-order valence-corrected chi connectivity index (χ3v) is 5.16. The van der Waals surface area contributed by atoms with Crippen LogP contribution in [0.4, 0.5) is 8.78 Å². The average Bonchev–Trinajstić information content (AvgIpc) is 2.79. The quantitative estimate of drug-likeness (QED) is 0.727. The lowest BCUT2D eigenvalue weighted by Gasteiger charge is -2.28. The minimum absolute atomic E-state index is 0.114. The van der Waals surface area contributed by atoms with E-state index in [1.165, 1.54) is 21.0 Å². The van der Waals surface area contributed by atoms with Crippen molar-refractivity contribution in [1.29, 1.82) is 0 Å². The number of fused-ring (bicyclic) bond motifs is 1. The van der Waals surface area contributed by atoms with E-state index < -0.39 is 47.3 Å². The van der Waals surface area contributed by atoms with Crippen molar-refractivity contribution >= 4 is 23.6 Å². The monoisotopic (exact) mass is 444 g/mol. The molecule has 0 bridgehead atoms. The third kappa shape index (κ3) is 4.74. The summed E-state index contributed by atoms with van der Waals surface area (Å²) < 4.78 is 26.6. The van der Waals surface area contributed by atoms with Crippen LogP contribution in [0.5, 0.6) is 0 Å². The van der Waals surface area contributed by atoms with Crippen molar-refractivity contribution in [3.05, 3.63) is 70.8 Å². The van der Waals surface area contributed by atoms with Crippen LogP contribution >= 0.6 is 0 Å². The Morgan fingerprint density at radius 3 is 2.31 bits per heavy atom. The zero-order valence-corrected chi connectivity index (χ0v) is 17.7. The number of halogens is 2. The SMILES string of the molecule is C[C@H](NC(=O)Cc1cc(F)cc(F)c1)C(=O)NC1C(=O)N(C)N(C)C(=O)c2ccccc21. The van der Waals surface area contributed by atoms with Crippen LogP contribution in [0.1, 0.15) is 34.5 Å². The van der Waals surface area contributed by atoms with E-state index in [0.717, 1.165) is 22.2 Å². The summed E-state index contributed by atoms with van der Waals surface area (Å²) in [5.41, 5.74) is 0.715. The maximum absolute atomic E-state index is 13.3. The number of rotatable bonds is 5. The molecule has 0 saturated heterocycles. The second-order valence-corrected chi connectivity index (χ2v) is 7.46. The second kappa shape index (κ2) is 9.13. The molecule has 4 amide bonds. The Morgan fingerprint density at radius 1 is 1.03 bits per heavy atom. The number of hydrazine groups is 1. The zero-order chi connectivity index (χ0) is 23.6. The van der Waals surface area contributed by atoms with Gasteiger partial charge in [0.25, 0.3) is 11.8 Å². The van der Waals surface area contributed by atoms with Crippen LogP contribution in [0.15, 0.2) is 42.5 Å². The number of carbonyl (C=O) groups excluding carboxylic acids is 4. The number of carbonyl (C=O) groups is 4. The van der Waals surface area contributed by atoms with Crippen LogP contribution in [-0.2, 0) is 20.8 Å². The van der Waals surface area contributed by atoms with Gasteiger partial charge in [-0.05, 0) is 36.2 Å². The smallest absolute Gasteiger partial charge is 0.272 e. The van der Waals surface area contributed by atoms with Crippen molar-refractivity contribution in [3.63, 3.8) is 0 Å². The van der Waals surface area contributed by atoms with E-state index >= 15 is 0 Å². The fourth-order valence-corrected chi connectivity index (χ4v) is 3.38. The van der Waals surface area contributed by atoms with Crippen LogP contribution in [-0.4, -0.2) is 53.8 Å². The Morgan fingerprint density at radius 2 is 1.66 bits per heavy atom. The molecule has 1 aliphatic rings. The van der Waals surface area contributed by atoms with Crippen molar-refractivity contribution < 1.29 is 28.0 Å². The molecular formula is C22H22F2N4O4. The van der Waals surface area contributed by atoms with E-state index in [2.05, 4.69) is 10.6 Å². The highest BCUT2D eigenvalue weighted by Crippen LogP contribution is 2.25. The van der Waals surface area contributed by atoms with E-state index in [4.69, 9.17) is 0 Å². The summed E-state index contributed by atoms with van der Waals surface area (Å²) in [5.74, 6) is -3.86. The molecule has 32 heavy (non-hydrogen) atoms. The predicted octanol–water partition coefficient (Wildman–Crippen LogP) is 1.33. The minimum Gasteiger partial charge on any atom is -0.344 e. The van der Waals surface area contributed by atoms with Gasteiger partial charge in [0.2, 0.25) is 11.8 Å². The maximum atomic E-state index is 13.3. The summed E-state index contributed by atoms with van der Waals surface area (Å²) in [4.78, 5) is 50.5. The lowest BCUT2D eigenvalue weighted by Crippen LogP contribution is -2.51. The molecular weight excluding hydrogens is 422 g/mol. The molecule has 2 aromatic rings. The average molecular weight is 444 g/mol. The Hall–Kier alpha value is -3.82. The largest absolute Gasteiger partial charge is 0.344 e. The summed E-state index contributed by atoms with van der Waals surface area (Å²) in [5, 5.41) is 7.28. The van der Waals surface area contributed by atoms with E-state index in [0.29, 0.717) is 11.6 Å². The molecule has 0 fully saturated rings. The van der Waals surface area contributed by atoms with Gasteiger partial charge in [0.1, 0.15) is 23.7 Å². The Bertz CT molecular complexity index is 1070. The summed E-state index contributed by atoms with van der Waals surface area (Å²) >= 11 is 0. The highest BCUT2D eigenvalue weighted by molar-refractivity contribution is 6.02. The first-order valence-corrected chi connectivity index (χ1v) is 9.77. The van der Waals surface area contributed by atoms with Gasteiger partial charge >= 0.3 is 0 Å². The summed E-state index contributed by atoms with van der Waals surface area (Å²) in [6.45, 7) is 1.41. The third-order valence-electron chi connectivity index (χ3n) is 5.16. The summed E-state index contributed by atoms with van der Waals surface area (Å²) in [7, 11) is 2.86. The Balaban J connectivity index is 1.73. The lowest BCUT2D eigenvalue weighted by molar-refractivity contribution is -0.144. The second-order valence-electron chi connectivity index (χ2n) is 7.46. The maximum Gasteiger partial charge on any atom is 0.272 e. The Labute approximate surface area is 183 Å². The number of nitrogens with one attached hydrogen (secondary N) is 2. The molecule has 0 saturated carbocycles. The van der Waals surface area contributed by atoms with Gasteiger partial charge in [-0.25, -0.2) is 8.78 Å². The fraction of sp³-hybridized carbons (Fsp3) is 0.273. The van der Waals surface area contributed by atoms with Gasteiger partial charge in [-0.2, -0.15) is 0 Å². The van der Waals surface area contributed by atoms with Crippen molar-refractivity contribution in [2.24, 2.45) is 0 Å². The molecule has 2 atom stereocenters. The van der Waals surface area contributed by atoms with Gasteiger partial charge < -0.3 is 10.6 Å². The van der Waals surface area contributed by atoms with E-state index in [1.807, 2.05) is 0 Å². The van der Waals surface area contributed by atoms with E-state index in [9.17, 15) is 28.0 Å². The molecule has 168 valence electrons. The van der Waals surface area contributed by atoms with Crippen LogP contribution in [0, 0.1) is 11.6 Å². The first-order valence-electron chi connectivity index (χ1n) is 9.77. The van der Waals surface area contributed by atoms with Gasteiger partial charge in [-0.1, -0.05) is 18.2 Å². The Kier molecular flexibility index (Phi) is 6.52. The normalized spacial score (nSPS) is 16.8. The molecule has 2 N–H and O–H groups in total. The first kappa shape index (κ1) is 22.9. The van der Waals surface area contributed by atoms with Crippen LogP contribution < -0.4 is 10.6 Å². The number of hydrogen-bond donors (Lipinski definition) is 2. The van der Waals surface area contributed by atoms with E-state index in [1.54, 1.807) is 24.3 Å². The summed E-state index contributed by atoms with van der Waals surface area (Å²) in [6, 6.07) is 6.98. The molecule has 0 radical (unpaired) electrons. The highest BCUT2D eigenvalue weighted by Gasteiger charge is 2.37. The lowest BCUT2D eigenvalue weighted by atomic mass is 9.99. The zero-order valence-electron chi connectivity index (χ0n) is 17.7. The van der Waals surface area contributed by atoms with Gasteiger partial charge in [0, 0.05) is 25.7 Å². The summed E-state index contributed by atoms with van der Waals surface area (Å²) in [6.07, 6.45) is -0.334. The standard InChI is InChI=1S/C22H22F2N4O4/c1-12(25-18(29)10-13-8-14(23)11-15(24)9-13)20(30)26-19-16-6-4-5-7-17(16)21(31)27(2)28(3)22(19)32/h4-9,11-12,19H,10H2,1-3H3,(H,25,29)(H,26,30)/t12-,19?/m0/s1. The number of likely N-dealkylation sites (N-methyl/N-ethyl adjacent to an activating group) is 1. The molecule has 0 aromatic heterocycles.